The molecule has 0 aromatic carbocycles. The van der Waals surface area contributed by atoms with Gasteiger partial charge in [0.05, 0.1) is 12.7 Å². The van der Waals surface area contributed by atoms with E-state index in [1.165, 1.54) is 7.11 Å². The van der Waals surface area contributed by atoms with Gasteiger partial charge in [-0.15, -0.1) is 0 Å². The maximum atomic E-state index is 9.36. The molecule has 1 rings (SSSR count). The number of hydrogen-bond donors (Lipinski definition) is 3. The van der Waals surface area contributed by atoms with E-state index in [4.69, 9.17) is 19.7 Å². The fraction of sp³-hybridized carbons (Fsp3) is 1.00. The maximum absolute atomic E-state index is 9.36. The lowest BCUT2D eigenvalue weighted by atomic mass is 10.0. The van der Waals surface area contributed by atoms with Crippen LogP contribution in [0, 0.1) is 0 Å². The summed E-state index contributed by atoms with van der Waals surface area (Å²) in [4.78, 5) is 0. The highest BCUT2D eigenvalue weighted by molar-refractivity contribution is 4.82. The van der Waals surface area contributed by atoms with Gasteiger partial charge in [0.2, 0.25) is 0 Å². The van der Waals surface area contributed by atoms with Gasteiger partial charge in [-0.05, 0) is 0 Å². The second kappa shape index (κ2) is 4.15. The zero-order valence-corrected chi connectivity index (χ0v) is 6.88. The summed E-state index contributed by atoms with van der Waals surface area (Å²) < 4.78 is 9.84. The molecule has 1 saturated heterocycles. The van der Waals surface area contributed by atoms with E-state index in [-0.39, 0.29) is 13.0 Å². The molecule has 5 heteroatoms. The minimum absolute atomic E-state index is 0.120. The SMILES string of the molecule is CO[C@@H]1[C@H](O)CC(O)O[C@@H]1CO. The summed E-state index contributed by atoms with van der Waals surface area (Å²) in [6.07, 6.45) is -2.87. The Kier molecular flexibility index (Phi) is 3.42. The minimum Gasteiger partial charge on any atom is -0.394 e. The molecule has 1 aliphatic heterocycles. The van der Waals surface area contributed by atoms with E-state index in [0.717, 1.165) is 0 Å². The van der Waals surface area contributed by atoms with Crippen molar-refractivity contribution in [1.29, 1.82) is 0 Å². The summed E-state index contributed by atoms with van der Waals surface area (Å²) >= 11 is 0. The predicted molar refractivity (Wildman–Crippen MR) is 39.4 cm³/mol. The van der Waals surface area contributed by atoms with Crippen LogP contribution in [0.3, 0.4) is 0 Å². The van der Waals surface area contributed by atoms with Gasteiger partial charge in [0.25, 0.3) is 0 Å². The molecule has 0 aromatic rings. The summed E-state index contributed by atoms with van der Waals surface area (Å²) in [5.74, 6) is 0. The fourth-order valence-corrected chi connectivity index (χ4v) is 1.38. The Morgan fingerprint density at radius 2 is 2.17 bits per heavy atom. The fourth-order valence-electron chi connectivity index (χ4n) is 1.38. The summed E-state index contributed by atoms with van der Waals surface area (Å²) in [5, 5.41) is 27.2. The highest BCUT2D eigenvalue weighted by atomic mass is 16.6. The summed E-state index contributed by atoms with van der Waals surface area (Å²) in [6, 6.07) is 0. The topological polar surface area (TPSA) is 79.2 Å². The van der Waals surface area contributed by atoms with Crippen LogP contribution in [0.2, 0.25) is 0 Å². The molecule has 0 spiro atoms. The van der Waals surface area contributed by atoms with Gasteiger partial charge < -0.3 is 24.8 Å². The monoisotopic (exact) mass is 178 g/mol. The summed E-state index contributed by atoms with van der Waals surface area (Å²) in [5.41, 5.74) is 0. The smallest absolute Gasteiger partial charge is 0.157 e. The van der Waals surface area contributed by atoms with Crippen LogP contribution in [0.15, 0.2) is 0 Å². The molecule has 0 aromatic heterocycles. The second-order valence-electron chi connectivity index (χ2n) is 2.82. The molecule has 1 aliphatic rings. The molecule has 5 nitrogen and oxygen atoms in total. The molecule has 3 N–H and O–H groups in total. The lowest BCUT2D eigenvalue weighted by Crippen LogP contribution is -2.50. The number of ether oxygens (including phenoxy) is 2. The number of aliphatic hydroxyl groups excluding tert-OH is 3. The average Bonchev–Trinajstić information content (AvgIpc) is 2.03. The Bertz CT molecular complexity index is 140. The van der Waals surface area contributed by atoms with Crippen LogP contribution in [0.1, 0.15) is 6.42 Å². The third kappa shape index (κ3) is 1.94. The average molecular weight is 178 g/mol. The lowest BCUT2D eigenvalue weighted by molar-refractivity contribution is -0.244. The van der Waals surface area contributed by atoms with Crippen molar-refractivity contribution in [3.63, 3.8) is 0 Å². The standard InChI is InChI=1S/C7H14O5/c1-11-7-4(9)2-6(10)12-5(7)3-8/h4-10H,2-3H2,1H3/t4-,5-,6?,7-/m1/s1. The molecule has 0 saturated carbocycles. The quantitative estimate of drug-likeness (QED) is 0.477. The van der Waals surface area contributed by atoms with Crippen LogP contribution >= 0.6 is 0 Å². The number of rotatable bonds is 2. The first-order valence-electron chi connectivity index (χ1n) is 3.84. The minimum atomic E-state index is -1.01. The molecule has 1 heterocycles. The van der Waals surface area contributed by atoms with Crippen molar-refractivity contribution in [2.24, 2.45) is 0 Å². The highest BCUT2D eigenvalue weighted by Crippen LogP contribution is 2.20. The van der Waals surface area contributed by atoms with Crippen molar-refractivity contribution in [2.75, 3.05) is 13.7 Å². The van der Waals surface area contributed by atoms with Crippen molar-refractivity contribution in [3.05, 3.63) is 0 Å². The Labute approximate surface area is 70.5 Å². The van der Waals surface area contributed by atoms with Crippen molar-refractivity contribution < 1.29 is 24.8 Å². The highest BCUT2D eigenvalue weighted by Gasteiger charge is 2.36. The van der Waals surface area contributed by atoms with Gasteiger partial charge in [-0.3, -0.25) is 0 Å². The number of aliphatic hydroxyl groups is 3. The molecule has 1 fully saturated rings. The molecule has 0 aliphatic carbocycles. The Hall–Kier alpha value is -0.200. The third-order valence-corrected chi connectivity index (χ3v) is 1.97. The maximum Gasteiger partial charge on any atom is 0.157 e. The second-order valence-corrected chi connectivity index (χ2v) is 2.82. The van der Waals surface area contributed by atoms with Crippen LogP contribution in [0.4, 0.5) is 0 Å². The van der Waals surface area contributed by atoms with E-state index >= 15 is 0 Å². The lowest BCUT2D eigenvalue weighted by Gasteiger charge is -2.35. The van der Waals surface area contributed by atoms with Crippen LogP contribution in [-0.2, 0) is 9.47 Å². The largest absolute Gasteiger partial charge is 0.394 e. The van der Waals surface area contributed by atoms with Crippen molar-refractivity contribution in [3.8, 4) is 0 Å². The van der Waals surface area contributed by atoms with Crippen molar-refractivity contribution in [1.82, 2.24) is 0 Å². The van der Waals surface area contributed by atoms with E-state index < -0.39 is 24.6 Å². The van der Waals surface area contributed by atoms with E-state index in [1.807, 2.05) is 0 Å². The zero-order chi connectivity index (χ0) is 9.14. The zero-order valence-electron chi connectivity index (χ0n) is 6.88. The third-order valence-electron chi connectivity index (χ3n) is 1.97. The summed E-state index contributed by atoms with van der Waals surface area (Å²) in [6.45, 7) is -0.271. The molecule has 12 heavy (non-hydrogen) atoms. The van der Waals surface area contributed by atoms with E-state index in [2.05, 4.69) is 0 Å². The molecule has 1 unspecified atom stereocenters. The molecule has 0 radical (unpaired) electrons. The van der Waals surface area contributed by atoms with Crippen LogP contribution in [0.25, 0.3) is 0 Å². The summed E-state index contributed by atoms with van der Waals surface area (Å²) in [7, 11) is 1.43. The van der Waals surface area contributed by atoms with Gasteiger partial charge in [0.15, 0.2) is 6.29 Å². The van der Waals surface area contributed by atoms with Gasteiger partial charge in [-0.25, -0.2) is 0 Å². The van der Waals surface area contributed by atoms with Gasteiger partial charge in [0, 0.05) is 13.5 Å². The normalized spacial score (nSPS) is 43.0. The Balaban J connectivity index is 2.56. The molecular formula is C7H14O5. The van der Waals surface area contributed by atoms with Gasteiger partial charge in [-0.1, -0.05) is 0 Å². The van der Waals surface area contributed by atoms with E-state index in [0.29, 0.717) is 0 Å². The molecule has 72 valence electrons. The Morgan fingerprint density at radius 3 is 2.67 bits per heavy atom. The van der Waals surface area contributed by atoms with Gasteiger partial charge in [-0.2, -0.15) is 0 Å². The molecule has 0 amide bonds. The van der Waals surface area contributed by atoms with Gasteiger partial charge in [0.1, 0.15) is 12.2 Å². The number of hydrogen-bond acceptors (Lipinski definition) is 5. The first-order valence-corrected chi connectivity index (χ1v) is 3.84. The molecule has 4 atom stereocenters. The number of methoxy groups -OCH3 is 1. The first-order chi connectivity index (χ1) is 5.69. The predicted octanol–water partition coefficient (Wildman–Crippen LogP) is -1.54. The van der Waals surface area contributed by atoms with Gasteiger partial charge >= 0.3 is 0 Å². The molecular weight excluding hydrogens is 164 g/mol. The van der Waals surface area contributed by atoms with E-state index in [1.54, 1.807) is 0 Å². The first kappa shape index (κ1) is 9.88. The van der Waals surface area contributed by atoms with Crippen molar-refractivity contribution >= 4 is 0 Å². The van der Waals surface area contributed by atoms with Crippen LogP contribution < -0.4 is 0 Å². The van der Waals surface area contributed by atoms with E-state index in [9.17, 15) is 5.11 Å². The Morgan fingerprint density at radius 1 is 1.50 bits per heavy atom. The van der Waals surface area contributed by atoms with Crippen LogP contribution in [-0.4, -0.2) is 53.6 Å². The molecule has 0 bridgehead atoms. The van der Waals surface area contributed by atoms with Crippen molar-refractivity contribution in [2.45, 2.75) is 31.0 Å². The van der Waals surface area contributed by atoms with Crippen LogP contribution in [0.5, 0.6) is 0 Å².